The molecule has 0 bridgehead atoms. The Kier molecular flexibility index (Phi) is 9.73. The normalized spacial score (nSPS) is 42.1. The zero-order chi connectivity index (χ0) is 25.1. The van der Waals surface area contributed by atoms with E-state index in [2.05, 4.69) is 32.9 Å². The molecule has 0 saturated heterocycles. The van der Waals surface area contributed by atoms with Gasteiger partial charge in [-0.05, 0) is 106 Å². The molecular formula is C30H54O4. The second-order valence-electron chi connectivity index (χ2n) is 13.3. The summed E-state index contributed by atoms with van der Waals surface area (Å²) in [6.45, 7) is 11.1. The summed E-state index contributed by atoms with van der Waals surface area (Å²) >= 11 is 0. The third-order valence-corrected chi connectivity index (χ3v) is 10.3. The van der Waals surface area contributed by atoms with Crippen LogP contribution in [-0.4, -0.2) is 44.8 Å². The lowest BCUT2D eigenvalue weighted by molar-refractivity contribution is -0.0736. The summed E-state index contributed by atoms with van der Waals surface area (Å²) in [5.74, 6) is 3.09. The molecule has 3 fully saturated rings. The van der Waals surface area contributed by atoms with Gasteiger partial charge in [0.25, 0.3) is 0 Å². The van der Waals surface area contributed by atoms with E-state index in [1.165, 1.54) is 38.5 Å². The van der Waals surface area contributed by atoms with Crippen LogP contribution in [0.5, 0.6) is 0 Å². The van der Waals surface area contributed by atoms with Gasteiger partial charge in [0.2, 0.25) is 0 Å². The first-order valence-electron chi connectivity index (χ1n) is 14.4. The van der Waals surface area contributed by atoms with Gasteiger partial charge in [0.05, 0.1) is 17.8 Å². The molecule has 0 spiro atoms. The Balaban J connectivity index is 1.61. The standard InChI is InChI=1S/C30H54O4/c1-20(9-6-16-29(3,4)34)25-14-15-26-22(10-7-17-30(25,26)5)12-13-23-19-27(32)24(11-8-18-31)28(33)21(23)2/h12-13,20-28,31-34H,6-11,14-19H2,1-5H3/b13-12-/t20-,21?,22?,23?,24-,25?,26?,27-,28-,30-/m1/s1. The molecule has 0 amide bonds. The zero-order valence-corrected chi connectivity index (χ0v) is 22.6. The van der Waals surface area contributed by atoms with E-state index in [1.807, 2.05) is 13.8 Å². The Morgan fingerprint density at radius 1 is 1.06 bits per heavy atom. The van der Waals surface area contributed by atoms with Crippen molar-refractivity contribution in [2.75, 3.05) is 6.61 Å². The van der Waals surface area contributed by atoms with Gasteiger partial charge in [0.15, 0.2) is 0 Å². The third-order valence-electron chi connectivity index (χ3n) is 10.3. The third kappa shape index (κ3) is 6.47. The Hall–Kier alpha value is -0.420. The molecule has 0 aromatic heterocycles. The van der Waals surface area contributed by atoms with Crippen molar-refractivity contribution < 1.29 is 20.4 Å². The van der Waals surface area contributed by atoms with Crippen molar-refractivity contribution in [2.24, 2.45) is 46.8 Å². The Bertz CT molecular complexity index is 655. The van der Waals surface area contributed by atoms with Crippen molar-refractivity contribution in [3.63, 3.8) is 0 Å². The van der Waals surface area contributed by atoms with Gasteiger partial charge >= 0.3 is 0 Å². The minimum Gasteiger partial charge on any atom is -0.396 e. The van der Waals surface area contributed by atoms with Crippen molar-refractivity contribution >= 4 is 0 Å². The summed E-state index contributed by atoms with van der Waals surface area (Å²) < 4.78 is 0. The average Bonchev–Trinajstić information content (AvgIpc) is 3.12. The van der Waals surface area contributed by atoms with Crippen LogP contribution < -0.4 is 0 Å². The molecule has 0 aromatic carbocycles. The molecule has 3 aliphatic rings. The molecule has 198 valence electrons. The molecule has 3 saturated carbocycles. The average molecular weight is 479 g/mol. The first kappa shape index (κ1) is 28.2. The SMILES string of the molecule is CC1C(/C=C\C2CCC[C@@]3(C)C2CCC3[C@H](C)CCCC(C)(C)O)C[C@@H](O)[C@@H](CCCO)[C@@H]1O. The minimum atomic E-state index is -0.557. The quantitative estimate of drug-likeness (QED) is 0.303. The van der Waals surface area contributed by atoms with Gasteiger partial charge < -0.3 is 20.4 Å². The first-order valence-corrected chi connectivity index (χ1v) is 14.4. The minimum absolute atomic E-state index is 0.113. The van der Waals surface area contributed by atoms with Crippen LogP contribution >= 0.6 is 0 Å². The fourth-order valence-electron chi connectivity index (χ4n) is 8.28. The second-order valence-corrected chi connectivity index (χ2v) is 13.3. The maximum atomic E-state index is 10.9. The molecule has 0 aliphatic heterocycles. The number of hydrogen-bond acceptors (Lipinski definition) is 4. The molecule has 3 rings (SSSR count). The molecule has 0 heterocycles. The molecule has 0 aromatic rings. The van der Waals surface area contributed by atoms with Crippen LogP contribution in [0.1, 0.15) is 105 Å². The number of hydrogen-bond donors (Lipinski definition) is 4. The fraction of sp³-hybridized carbons (Fsp3) is 0.933. The van der Waals surface area contributed by atoms with Crippen LogP contribution in [0.4, 0.5) is 0 Å². The highest BCUT2D eigenvalue weighted by Gasteiger charge is 2.51. The van der Waals surface area contributed by atoms with Gasteiger partial charge in [0.1, 0.15) is 0 Å². The highest BCUT2D eigenvalue weighted by atomic mass is 16.3. The van der Waals surface area contributed by atoms with Crippen molar-refractivity contribution in [3.05, 3.63) is 12.2 Å². The van der Waals surface area contributed by atoms with Crippen LogP contribution in [0.15, 0.2) is 12.2 Å². The molecule has 5 unspecified atom stereocenters. The second kappa shape index (κ2) is 11.8. The van der Waals surface area contributed by atoms with E-state index < -0.39 is 17.8 Å². The molecule has 4 nitrogen and oxygen atoms in total. The smallest absolute Gasteiger partial charge is 0.0624 e. The predicted octanol–water partition coefficient (Wildman–Crippen LogP) is 5.72. The van der Waals surface area contributed by atoms with E-state index in [0.717, 1.165) is 31.1 Å². The van der Waals surface area contributed by atoms with Crippen LogP contribution in [0.2, 0.25) is 0 Å². The summed E-state index contributed by atoms with van der Waals surface area (Å²) in [5.41, 5.74) is -0.146. The van der Waals surface area contributed by atoms with E-state index in [4.69, 9.17) is 5.11 Å². The largest absolute Gasteiger partial charge is 0.396 e. The molecule has 10 atom stereocenters. The van der Waals surface area contributed by atoms with Crippen molar-refractivity contribution in [3.8, 4) is 0 Å². The van der Waals surface area contributed by atoms with Crippen LogP contribution in [0.3, 0.4) is 0 Å². The molecule has 4 heteroatoms. The Morgan fingerprint density at radius 3 is 2.44 bits per heavy atom. The fourth-order valence-corrected chi connectivity index (χ4v) is 8.28. The topological polar surface area (TPSA) is 80.9 Å². The summed E-state index contributed by atoms with van der Waals surface area (Å²) in [5, 5.41) is 40.8. The summed E-state index contributed by atoms with van der Waals surface area (Å²) in [6, 6.07) is 0. The Morgan fingerprint density at radius 2 is 1.76 bits per heavy atom. The molecule has 3 aliphatic carbocycles. The van der Waals surface area contributed by atoms with Crippen LogP contribution in [0, 0.1) is 46.8 Å². The van der Waals surface area contributed by atoms with Gasteiger partial charge in [-0.3, -0.25) is 0 Å². The lowest BCUT2D eigenvalue weighted by atomic mass is 9.59. The van der Waals surface area contributed by atoms with Crippen molar-refractivity contribution in [1.82, 2.24) is 0 Å². The van der Waals surface area contributed by atoms with E-state index in [-0.39, 0.29) is 24.4 Å². The molecule has 0 radical (unpaired) electrons. The van der Waals surface area contributed by atoms with Gasteiger partial charge in [-0.25, -0.2) is 0 Å². The number of allylic oxidation sites excluding steroid dienone is 2. The maximum absolute atomic E-state index is 10.9. The van der Waals surface area contributed by atoms with Crippen LogP contribution in [0.25, 0.3) is 0 Å². The van der Waals surface area contributed by atoms with Crippen molar-refractivity contribution in [1.29, 1.82) is 0 Å². The van der Waals surface area contributed by atoms with E-state index >= 15 is 0 Å². The van der Waals surface area contributed by atoms with Gasteiger partial charge in [0, 0.05) is 12.5 Å². The highest BCUT2D eigenvalue weighted by Crippen LogP contribution is 2.60. The highest BCUT2D eigenvalue weighted by molar-refractivity contribution is 5.09. The lowest BCUT2D eigenvalue weighted by Crippen LogP contribution is -2.45. The summed E-state index contributed by atoms with van der Waals surface area (Å²) in [7, 11) is 0. The Labute approximate surface area is 209 Å². The van der Waals surface area contributed by atoms with Crippen LogP contribution in [-0.2, 0) is 0 Å². The summed E-state index contributed by atoms with van der Waals surface area (Å²) in [4.78, 5) is 0. The number of rotatable bonds is 10. The molecule has 34 heavy (non-hydrogen) atoms. The number of fused-ring (bicyclic) bond motifs is 1. The number of aliphatic hydroxyl groups is 4. The molecule has 4 N–H and O–H groups in total. The van der Waals surface area contributed by atoms with E-state index in [0.29, 0.717) is 30.1 Å². The first-order chi connectivity index (χ1) is 16.0. The zero-order valence-electron chi connectivity index (χ0n) is 22.6. The van der Waals surface area contributed by atoms with E-state index in [1.54, 1.807) is 0 Å². The van der Waals surface area contributed by atoms with E-state index in [9.17, 15) is 15.3 Å². The summed E-state index contributed by atoms with van der Waals surface area (Å²) in [6.07, 6.45) is 15.6. The van der Waals surface area contributed by atoms with Gasteiger partial charge in [-0.2, -0.15) is 0 Å². The lowest BCUT2D eigenvalue weighted by Gasteiger charge is -2.46. The monoisotopic (exact) mass is 478 g/mol. The van der Waals surface area contributed by atoms with Gasteiger partial charge in [-0.15, -0.1) is 0 Å². The van der Waals surface area contributed by atoms with Gasteiger partial charge in [-0.1, -0.05) is 52.2 Å². The molecular weight excluding hydrogens is 424 g/mol. The maximum Gasteiger partial charge on any atom is 0.0624 e. The van der Waals surface area contributed by atoms with Crippen molar-refractivity contribution in [2.45, 2.75) is 123 Å². The predicted molar refractivity (Wildman–Crippen MR) is 139 cm³/mol. The number of aliphatic hydroxyl groups excluding tert-OH is 3.